The molecule has 2 aromatic carbocycles. The van der Waals surface area contributed by atoms with Crippen LogP contribution in [0, 0.1) is 12.8 Å². The highest BCUT2D eigenvalue weighted by atomic mass is 35.5. The van der Waals surface area contributed by atoms with Crippen molar-refractivity contribution in [2.24, 2.45) is 5.92 Å². The summed E-state index contributed by atoms with van der Waals surface area (Å²) in [5, 5.41) is 25.0. The highest BCUT2D eigenvalue weighted by Gasteiger charge is 2.46. The SMILES string of the molecule is Cc1ncsc1-c1ccc(CNC(=O)[C@@H]2C[C@@H](O)CN2C(=O)[C@H](C(C)C)N2Cc3cccc(Cl)c3C2O)cc1. The molecule has 5 rings (SSSR count). The van der Waals surface area contributed by atoms with Gasteiger partial charge in [0, 0.05) is 36.6 Å². The van der Waals surface area contributed by atoms with Gasteiger partial charge in [-0.15, -0.1) is 11.3 Å². The van der Waals surface area contributed by atoms with E-state index in [0.29, 0.717) is 23.7 Å². The minimum Gasteiger partial charge on any atom is -0.391 e. The molecule has 0 radical (unpaired) electrons. The maximum atomic E-state index is 13.9. The lowest BCUT2D eigenvalue weighted by Crippen LogP contribution is -2.54. The van der Waals surface area contributed by atoms with Crippen LogP contribution in [0.2, 0.25) is 5.02 Å². The molecule has 2 aliphatic heterocycles. The van der Waals surface area contributed by atoms with Crippen molar-refractivity contribution in [3.05, 3.63) is 75.4 Å². The number of rotatable bonds is 7. The average Bonchev–Trinajstić information content (AvgIpc) is 3.60. The Labute approximate surface area is 237 Å². The zero-order valence-corrected chi connectivity index (χ0v) is 23.7. The summed E-state index contributed by atoms with van der Waals surface area (Å²) in [6.45, 7) is 6.56. The Kier molecular flexibility index (Phi) is 8.07. The van der Waals surface area contributed by atoms with Gasteiger partial charge < -0.3 is 20.4 Å². The predicted octanol–water partition coefficient (Wildman–Crippen LogP) is 3.88. The third kappa shape index (κ3) is 5.47. The summed E-state index contributed by atoms with van der Waals surface area (Å²) in [7, 11) is 0. The van der Waals surface area contributed by atoms with Gasteiger partial charge in [-0.3, -0.25) is 14.5 Å². The topological polar surface area (TPSA) is 106 Å². The van der Waals surface area contributed by atoms with Crippen LogP contribution in [0.5, 0.6) is 0 Å². The predicted molar refractivity (Wildman–Crippen MR) is 151 cm³/mol. The van der Waals surface area contributed by atoms with E-state index in [0.717, 1.165) is 27.3 Å². The van der Waals surface area contributed by atoms with Gasteiger partial charge >= 0.3 is 0 Å². The van der Waals surface area contributed by atoms with E-state index in [4.69, 9.17) is 11.6 Å². The molecule has 39 heavy (non-hydrogen) atoms. The molecule has 1 fully saturated rings. The molecule has 3 aromatic rings. The quantitative estimate of drug-likeness (QED) is 0.399. The van der Waals surface area contributed by atoms with Crippen molar-refractivity contribution in [1.29, 1.82) is 0 Å². The molecule has 8 nitrogen and oxygen atoms in total. The second-order valence-electron chi connectivity index (χ2n) is 10.6. The first-order valence-electron chi connectivity index (χ1n) is 13.1. The smallest absolute Gasteiger partial charge is 0.243 e. The minimum absolute atomic E-state index is 0.0701. The lowest BCUT2D eigenvalue weighted by Gasteiger charge is -2.36. The van der Waals surface area contributed by atoms with Gasteiger partial charge in [-0.25, -0.2) is 4.98 Å². The van der Waals surface area contributed by atoms with E-state index in [2.05, 4.69) is 10.3 Å². The highest BCUT2D eigenvalue weighted by molar-refractivity contribution is 7.13. The molecule has 4 atom stereocenters. The van der Waals surface area contributed by atoms with Crippen molar-refractivity contribution >= 4 is 34.8 Å². The first-order chi connectivity index (χ1) is 18.7. The maximum absolute atomic E-state index is 13.9. The Morgan fingerprint density at radius 1 is 1.18 bits per heavy atom. The summed E-state index contributed by atoms with van der Waals surface area (Å²) in [5.41, 5.74) is 6.31. The zero-order valence-electron chi connectivity index (χ0n) is 22.2. The number of aliphatic hydroxyl groups excluding tert-OH is 2. The monoisotopic (exact) mass is 568 g/mol. The number of amides is 2. The van der Waals surface area contributed by atoms with Crippen LogP contribution in [0.15, 0.2) is 48.0 Å². The molecule has 3 N–H and O–H groups in total. The lowest BCUT2D eigenvalue weighted by atomic mass is 10.00. The normalized spacial score (nSPS) is 21.8. The Hall–Kier alpha value is -2.82. The molecule has 1 aromatic heterocycles. The number of β-amino-alcohol motifs (C(OH)–C–C–N with tert-alkyl or cyclic N) is 1. The van der Waals surface area contributed by atoms with Crippen LogP contribution < -0.4 is 5.32 Å². The molecule has 2 aliphatic rings. The summed E-state index contributed by atoms with van der Waals surface area (Å²) in [4.78, 5) is 35.8. The number of carbonyl (C=O) groups is 2. The van der Waals surface area contributed by atoms with Crippen LogP contribution >= 0.6 is 22.9 Å². The third-order valence-electron chi connectivity index (χ3n) is 7.60. The number of halogens is 1. The summed E-state index contributed by atoms with van der Waals surface area (Å²) in [5.74, 6) is -0.741. The molecule has 3 heterocycles. The van der Waals surface area contributed by atoms with Crippen LogP contribution in [0.1, 0.15) is 48.9 Å². The van der Waals surface area contributed by atoms with Gasteiger partial charge in [0.25, 0.3) is 0 Å². The second-order valence-corrected chi connectivity index (χ2v) is 11.9. The van der Waals surface area contributed by atoms with Gasteiger partial charge in [0.1, 0.15) is 12.3 Å². The van der Waals surface area contributed by atoms with E-state index in [-0.39, 0.29) is 30.7 Å². The molecule has 0 saturated carbocycles. The van der Waals surface area contributed by atoms with Crippen molar-refractivity contribution in [1.82, 2.24) is 20.1 Å². The summed E-state index contributed by atoms with van der Waals surface area (Å²) in [6, 6.07) is 11.9. The van der Waals surface area contributed by atoms with E-state index in [9.17, 15) is 19.8 Å². The van der Waals surface area contributed by atoms with Crippen molar-refractivity contribution < 1.29 is 19.8 Å². The highest BCUT2D eigenvalue weighted by Crippen LogP contribution is 2.40. The summed E-state index contributed by atoms with van der Waals surface area (Å²) >= 11 is 7.95. The van der Waals surface area contributed by atoms with E-state index in [1.807, 2.05) is 62.7 Å². The number of benzene rings is 2. The molecule has 206 valence electrons. The van der Waals surface area contributed by atoms with Gasteiger partial charge in [0.2, 0.25) is 11.8 Å². The molecule has 2 amide bonds. The van der Waals surface area contributed by atoms with Crippen LogP contribution in [0.3, 0.4) is 0 Å². The number of aryl methyl sites for hydroxylation is 1. The fourth-order valence-electron chi connectivity index (χ4n) is 5.65. The van der Waals surface area contributed by atoms with E-state index in [1.165, 1.54) is 4.90 Å². The third-order valence-corrected chi connectivity index (χ3v) is 8.91. The van der Waals surface area contributed by atoms with Gasteiger partial charge in [0.05, 0.1) is 28.2 Å². The van der Waals surface area contributed by atoms with Crippen molar-refractivity contribution in [2.45, 2.75) is 64.7 Å². The van der Waals surface area contributed by atoms with Crippen LogP contribution in [0.25, 0.3) is 10.4 Å². The first-order valence-corrected chi connectivity index (χ1v) is 14.4. The fraction of sp³-hybridized carbons (Fsp3) is 0.414. The Morgan fingerprint density at radius 3 is 2.56 bits per heavy atom. The van der Waals surface area contributed by atoms with Crippen LogP contribution in [0.4, 0.5) is 0 Å². The zero-order chi connectivity index (χ0) is 27.8. The molecule has 0 spiro atoms. The summed E-state index contributed by atoms with van der Waals surface area (Å²) < 4.78 is 0. The number of thiazole rings is 1. The minimum atomic E-state index is -1.03. The number of fused-ring (bicyclic) bond motifs is 1. The Morgan fingerprint density at radius 2 is 1.92 bits per heavy atom. The maximum Gasteiger partial charge on any atom is 0.243 e. The van der Waals surface area contributed by atoms with E-state index >= 15 is 0 Å². The van der Waals surface area contributed by atoms with Gasteiger partial charge in [0.15, 0.2) is 0 Å². The van der Waals surface area contributed by atoms with Crippen molar-refractivity contribution in [3.8, 4) is 10.4 Å². The van der Waals surface area contributed by atoms with E-state index in [1.54, 1.807) is 22.3 Å². The molecular formula is C29H33ClN4O4S. The average molecular weight is 569 g/mol. The molecule has 1 unspecified atom stereocenters. The first kappa shape index (κ1) is 27.7. The Balaban J connectivity index is 1.28. The van der Waals surface area contributed by atoms with Gasteiger partial charge in [-0.2, -0.15) is 0 Å². The van der Waals surface area contributed by atoms with Gasteiger partial charge in [-0.1, -0.05) is 61.8 Å². The number of hydrogen-bond donors (Lipinski definition) is 3. The molecule has 0 aliphatic carbocycles. The Bertz CT molecular complexity index is 1360. The number of likely N-dealkylation sites (tertiary alicyclic amines) is 1. The number of nitrogens with one attached hydrogen (secondary N) is 1. The standard InChI is InChI=1S/C29H33ClN4O4S/c1-16(2)25(34-13-20-5-4-6-22(30)24(20)28(34)37)29(38)33-14-21(35)11-23(33)27(36)31-12-18-7-9-19(10-8-18)26-17(3)32-15-39-26/h4-10,15-16,21,23,25,28,35,37H,11-14H2,1-3H3,(H,31,36)/t21-,23+,25+,28?/m1/s1. The molecule has 1 saturated heterocycles. The van der Waals surface area contributed by atoms with Crippen LogP contribution in [-0.4, -0.2) is 61.5 Å². The fourth-order valence-corrected chi connectivity index (χ4v) is 6.76. The van der Waals surface area contributed by atoms with E-state index < -0.39 is 24.4 Å². The van der Waals surface area contributed by atoms with Crippen molar-refractivity contribution in [2.75, 3.05) is 6.54 Å². The summed E-state index contributed by atoms with van der Waals surface area (Å²) in [6.07, 6.45) is -1.66. The molecule has 10 heteroatoms. The largest absolute Gasteiger partial charge is 0.391 e. The second kappa shape index (κ2) is 11.3. The number of aromatic nitrogens is 1. The number of carbonyl (C=O) groups excluding carboxylic acids is 2. The lowest BCUT2D eigenvalue weighted by molar-refractivity contribution is -0.149. The number of aliphatic hydroxyl groups is 2. The molecular weight excluding hydrogens is 536 g/mol. The van der Waals surface area contributed by atoms with Crippen molar-refractivity contribution in [3.63, 3.8) is 0 Å². The number of nitrogens with zero attached hydrogens (tertiary/aromatic N) is 3. The van der Waals surface area contributed by atoms with Gasteiger partial charge in [-0.05, 0) is 35.6 Å². The number of hydrogen-bond acceptors (Lipinski definition) is 7. The molecule has 0 bridgehead atoms. The van der Waals surface area contributed by atoms with Crippen LogP contribution in [-0.2, 0) is 22.7 Å².